The molecule has 0 spiro atoms. The highest BCUT2D eigenvalue weighted by atomic mass is 16.5. The van der Waals surface area contributed by atoms with Crippen LogP contribution < -0.4 is 10.1 Å². The molecule has 0 aliphatic carbocycles. The fraction of sp³-hybridized carbons (Fsp3) is 0.250. The van der Waals surface area contributed by atoms with Gasteiger partial charge in [0.2, 0.25) is 0 Å². The minimum Gasteiger partial charge on any atom is -0.490 e. The first-order valence-electron chi connectivity index (χ1n) is 7.85. The summed E-state index contributed by atoms with van der Waals surface area (Å²) in [5, 5.41) is 3.09. The fourth-order valence-electron chi connectivity index (χ4n) is 2.32. The Balaban J connectivity index is 2.04. The zero-order valence-electron chi connectivity index (χ0n) is 13.7. The van der Waals surface area contributed by atoms with Gasteiger partial charge >= 0.3 is 0 Å². The summed E-state index contributed by atoms with van der Waals surface area (Å²) in [6, 6.07) is 15.4. The molecule has 0 heterocycles. The number of rotatable bonds is 7. The first kappa shape index (κ1) is 16.8. The molecule has 0 aliphatic heterocycles. The largest absolute Gasteiger partial charge is 0.490 e. The van der Waals surface area contributed by atoms with Crippen LogP contribution in [0.5, 0.6) is 5.75 Å². The van der Waals surface area contributed by atoms with E-state index in [0.29, 0.717) is 12.2 Å². The van der Waals surface area contributed by atoms with Gasteiger partial charge in [0.1, 0.15) is 12.4 Å². The molecule has 0 saturated carbocycles. The molecular weight excluding hydrogens is 286 g/mol. The van der Waals surface area contributed by atoms with Gasteiger partial charge in [0, 0.05) is 5.56 Å². The van der Waals surface area contributed by atoms with Crippen molar-refractivity contribution in [2.75, 3.05) is 6.61 Å². The van der Waals surface area contributed by atoms with Gasteiger partial charge in [-0.2, -0.15) is 0 Å². The van der Waals surface area contributed by atoms with E-state index in [-0.39, 0.29) is 11.9 Å². The van der Waals surface area contributed by atoms with Gasteiger partial charge in [-0.25, -0.2) is 0 Å². The predicted octanol–water partition coefficient (Wildman–Crippen LogP) is 4.44. The number of nitrogens with one attached hydrogen (secondary N) is 1. The Bertz CT molecular complexity index is 644. The van der Waals surface area contributed by atoms with Gasteiger partial charge in [-0.1, -0.05) is 49.4 Å². The van der Waals surface area contributed by atoms with Gasteiger partial charge in [0.25, 0.3) is 5.91 Å². The topological polar surface area (TPSA) is 38.3 Å². The summed E-state index contributed by atoms with van der Waals surface area (Å²) in [6.07, 6.45) is 2.53. The molecule has 0 unspecified atom stereocenters. The monoisotopic (exact) mass is 309 g/mol. The summed E-state index contributed by atoms with van der Waals surface area (Å²) >= 11 is 0. The van der Waals surface area contributed by atoms with Crippen LogP contribution in [0.2, 0.25) is 0 Å². The van der Waals surface area contributed by atoms with Crippen LogP contribution >= 0.6 is 0 Å². The highest BCUT2D eigenvalue weighted by molar-refractivity contribution is 5.94. The molecule has 0 aromatic heterocycles. The van der Waals surface area contributed by atoms with Crippen LogP contribution in [-0.2, 0) is 0 Å². The average Bonchev–Trinajstić information content (AvgIpc) is 2.59. The zero-order valence-corrected chi connectivity index (χ0v) is 13.7. The Morgan fingerprint density at radius 3 is 2.39 bits per heavy atom. The quantitative estimate of drug-likeness (QED) is 0.768. The molecule has 0 saturated heterocycles. The minimum atomic E-state index is -0.0762. The highest BCUT2D eigenvalue weighted by Crippen LogP contribution is 2.19. The van der Waals surface area contributed by atoms with Gasteiger partial charge in [0.05, 0.1) is 6.04 Å². The Labute approximate surface area is 138 Å². The first-order chi connectivity index (χ1) is 11.1. The number of carbonyl (C=O) groups excluding carboxylic acids is 1. The lowest BCUT2D eigenvalue weighted by atomic mass is 10.0. The summed E-state index contributed by atoms with van der Waals surface area (Å²) in [6.45, 7) is 8.19. The van der Waals surface area contributed by atoms with Crippen LogP contribution in [0.3, 0.4) is 0 Å². The van der Waals surface area contributed by atoms with Crippen LogP contribution in [0.15, 0.2) is 61.2 Å². The van der Waals surface area contributed by atoms with E-state index in [2.05, 4.69) is 50.0 Å². The summed E-state index contributed by atoms with van der Waals surface area (Å²) in [5.41, 5.74) is 2.96. The number of carbonyl (C=O) groups is 1. The van der Waals surface area contributed by atoms with E-state index in [9.17, 15) is 4.79 Å². The van der Waals surface area contributed by atoms with Gasteiger partial charge in [-0.15, -0.1) is 0 Å². The number of hydrogen-bond donors (Lipinski definition) is 1. The Morgan fingerprint density at radius 1 is 1.17 bits per heavy atom. The highest BCUT2D eigenvalue weighted by Gasteiger charge is 2.14. The SMILES string of the molecule is C=CCOc1ccc(C(=O)N[C@@H](CC)c2ccc(C)cc2)cc1. The smallest absolute Gasteiger partial charge is 0.251 e. The molecule has 0 fully saturated rings. The standard InChI is InChI=1S/C20H23NO2/c1-4-14-23-18-12-10-17(11-13-18)20(22)21-19(5-2)16-8-6-15(3)7-9-16/h4,6-13,19H,1,5,14H2,2-3H3,(H,21,22)/t19-/m0/s1. The molecule has 2 aromatic carbocycles. The maximum Gasteiger partial charge on any atom is 0.251 e. The Kier molecular flexibility index (Phi) is 5.98. The molecule has 2 rings (SSSR count). The van der Waals surface area contributed by atoms with Crippen LogP contribution in [0.4, 0.5) is 0 Å². The third-order valence-electron chi connectivity index (χ3n) is 3.68. The third kappa shape index (κ3) is 4.71. The molecule has 2 aromatic rings. The van der Waals surface area contributed by atoms with E-state index in [1.54, 1.807) is 30.3 Å². The molecular formula is C20H23NO2. The second-order valence-electron chi connectivity index (χ2n) is 5.47. The van der Waals surface area contributed by atoms with Gasteiger partial charge in [-0.3, -0.25) is 4.79 Å². The maximum absolute atomic E-state index is 12.4. The number of benzene rings is 2. The van der Waals surface area contributed by atoms with Crippen molar-refractivity contribution in [3.05, 3.63) is 77.9 Å². The van der Waals surface area contributed by atoms with Crippen molar-refractivity contribution >= 4 is 5.91 Å². The molecule has 0 bridgehead atoms. The normalized spacial score (nSPS) is 11.6. The van der Waals surface area contributed by atoms with E-state index < -0.39 is 0 Å². The van der Waals surface area contributed by atoms with Crippen molar-refractivity contribution in [1.82, 2.24) is 5.32 Å². The molecule has 23 heavy (non-hydrogen) atoms. The molecule has 0 radical (unpaired) electrons. The summed E-state index contributed by atoms with van der Waals surface area (Å²) < 4.78 is 5.42. The van der Waals surface area contributed by atoms with E-state index in [1.807, 2.05) is 0 Å². The molecule has 1 amide bonds. The Morgan fingerprint density at radius 2 is 1.83 bits per heavy atom. The lowest BCUT2D eigenvalue weighted by Gasteiger charge is -2.18. The van der Waals surface area contributed by atoms with Gasteiger partial charge < -0.3 is 10.1 Å². The number of ether oxygens (including phenoxy) is 1. The molecule has 0 aliphatic rings. The van der Waals surface area contributed by atoms with Gasteiger partial charge in [-0.05, 0) is 43.2 Å². The van der Waals surface area contributed by atoms with Crippen LogP contribution in [-0.4, -0.2) is 12.5 Å². The van der Waals surface area contributed by atoms with Gasteiger partial charge in [0.15, 0.2) is 0 Å². The molecule has 120 valence electrons. The first-order valence-corrected chi connectivity index (χ1v) is 7.85. The minimum absolute atomic E-state index is 0.0137. The van der Waals surface area contributed by atoms with Crippen LogP contribution in [0.25, 0.3) is 0 Å². The predicted molar refractivity (Wildman–Crippen MR) is 93.8 cm³/mol. The summed E-state index contributed by atoms with van der Waals surface area (Å²) in [5.74, 6) is 0.653. The third-order valence-corrected chi connectivity index (χ3v) is 3.68. The van der Waals surface area contributed by atoms with Crippen molar-refractivity contribution in [2.24, 2.45) is 0 Å². The Hall–Kier alpha value is -2.55. The zero-order chi connectivity index (χ0) is 16.7. The van der Waals surface area contributed by atoms with Crippen molar-refractivity contribution in [2.45, 2.75) is 26.3 Å². The summed E-state index contributed by atoms with van der Waals surface area (Å²) in [7, 11) is 0. The fourth-order valence-corrected chi connectivity index (χ4v) is 2.32. The van der Waals surface area contributed by atoms with E-state index in [1.165, 1.54) is 5.56 Å². The van der Waals surface area contributed by atoms with Crippen LogP contribution in [0.1, 0.15) is 40.9 Å². The lowest BCUT2D eigenvalue weighted by molar-refractivity contribution is 0.0935. The number of hydrogen-bond acceptors (Lipinski definition) is 2. The summed E-state index contributed by atoms with van der Waals surface area (Å²) in [4.78, 5) is 12.4. The lowest BCUT2D eigenvalue weighted by Crippen LogP contribution is -2.28. The number of aryl methyl sites for hydroxylation is 1. The van der Waals surface area contributed by atoms with Crippen molar-refractivity contribution < 1.29 is 9.53 Å². The van der Waals surface area contributed by atoms with Crippen LogP contribution in [0, 0.1) is 6.92 Å². The second-order valence-corrected chi connectivity index (χ2v) is 5.47. The average molecular weight is 309 g/mol. The maximum atomic E-state index is 12.4. The molecule has 1 N–H and O–H groups in total. The second kappa shape index (κ2) is 8.18. The van der Waals surface area contributed by atoms with Crippen molar-refractivity contribution in [3.8, 4) is 5.75 Å². The van der Waals surface area contributed by atoms with E-state index >= 15 is 0 Å². The molecule has 1 atom stereocenters. The number of amides is 1. The van der Waals surface area contributed by atoms with E-state index in [0.717, 1.165) is 17.7 Å². The molecule has 3 nitrogen and oxygen atoms in total. The van der Waals surface area contributed by atoms with Crippen molar-refractivity contribution in [3.63, 3.8) is 0 Å². The molecule has 3 heteroatoms. The van der Waals surface area contributed by atoms with E-state index in [4.69, 9.17) is 4.74 Å². The van der Waals surface area contributed by atoms with Crippen molar-refractivity contribution in [1.29, 1.82) is 0 Å².